The molecule has 0 bridgehead atoms. The molecule has 0 fully saturated rings. The van der Waals surface area contributed by atoms with Crippen molar-refractivity contribution < 1.29 is 9.21 Å². The third-order valence-corrected chi connectivity index (χ3v) is 4.09. The number of carbonyl (C=O) groups excluding carboxylic acids is 1. The van der Waals surface area contributed by atoms with Gasteiger partial charge in [0.2, 0.25) is 5.89 Å². The largest absolute Gasteiger partial charge is 0.439 e. The molecule has 0 aliphatic carbocycles. The van der Waals surface area contributed by atoms with Crippen LogP contribution in [0.4, 0.5) is 0 Å². The Morgan fingerprint density at radius 1 is 1.15 bits per heavy atom. The molecular weight excluding hydrogens is 328 g/mol. The highest BCUT2D eigenvalue weighted by molar-refractivity contribution is 6.02. The van der Waals surface area contributed by atoms with Gasteiger partial charge in [-0.2, -0.15) is 10.4 Å². The van der Waals surface area contributed by atoms with E-state index in [-0.39, 0.29) is 11.7 Å². The molecule has 6 heteroatoms. The van der Waals surface area contributed by atoms with Crippen molar-refractivity contribution in [2.45, 2.75) is 12.5 Å². The van der Waals surface area contributed by atoms with Gasteiger partial charge in [0.15, 0.2) is 17.3 Å². The van der Waals surface area contributed by atoms with Crippen molar-refractivity contribution in [1.82, 2.24) is 14.8 Å². The number of fused-ring (bicyclic) bond motifs is 1. The molecule has 0 amide bonds. The maximum atomic E-state index is 12.7. The van der Waals surface area contributed by atoms with Gasteiger partial charge in [0, 0.05) is 18.0 Å². The van der Waals surface area contributed by atoms with Crippen LogP contribution in [0.5, 0.6) is 0 Å². The highest BCUT2D eigenvalue weighted by atomic mass is 16.3. The second kappa shape index (κ2) is 6.65. The highest BCUT2D eigenvalue weighted by Gasteiger charge is 2.27. The van der Waals surface area contributed by atoms with Gasteiger partial charge in [-0.25, -0.2) is 4.98 Å². The van der Waals surface area contributed by atoms with Crippen LogP contribution in [0.15, 0.2) is 71.4 Å². The smallest absolute Gasteiger partial charge is 0.220 e. The molecule has 0 N–H and O–H groups in total. The lowest BCUT2D eigenvalue weighted by Gasteiger charge is -2.06. The first-order chi connectivity index (χ1) is 12.7. The van der Waals surface area contributed by atoms with Crippen molar-refractivity contribution in [3.05, 3.63) is 84.0 Å². The van der Waals surface area contributed by atoms with E-state index in [1.165, 1.54) is 0 Å². The van der Waals surface area contributed by atoms with Gasteiger partial charge in [0.05, 0.1) is 12.6 Å². The van der Waals surface area contributed by atoms with E-state index in [0.717, 1.165) is 5.56 Å². The summed E-state index contributed by atoms with van der Waals surface area (Å²) in [6.07, 6.45) is 3.59. The average Bonchev–Trinajstić information content (AvgIpc) is 3.32. The molecule has 0 radical (unpaired) electrons. The van der Waals surface area contributed by atoms with Gasteiger partial charge in [0.1, 0.15) is 5.52 Å². The van der Waals surface area contributed by atoms with E-state index in [2.05, 4.69) is 10.1 Å². The number of ketones is 1. The molecule has 2 heterocycles. The fourth-order valence-corrected chi connectivity index (χ4v) is 2.76. The van der Waals surface area contributed by atoms with Crippen LogP contribution >= 0.6 is 0 Å². The molecule has 0 aliphatic heterocycles. The highest BCUT2D eigenvalue weighted by Crippen LogP contribution is 2.24. The molecule has 0 saturated heterocycles. The van der Waals surface area contributed by atoms with Gasteiger partial charge in [-0.05, 0) is 23.8 Å². The van der Waals surface area contributed by atoms with Gasteiger partial charge in [-0.3, -0.25) is 9.48 Å². The third kappa shape index (κ3) is 2.98. The van der Waals surface area contributed by atoms with Gasteiger partial charge in [-0.1, -0.05) is 36.4 Å². The first-order valence-corrected chi connectivity index (χ1v) is 8.10. The Balaban J connectivity index is 1.57. The summed E-state index contributed by atoms with van der Waals surface area (Å²) in [6.45, 7) is 0.619. The van der Waals surface area contributed by atoms with Crippen LogP contribution in [-0.2, 0) is 6.54 Å². The zero-order valence-electron chi connectivity index (χ0n) is 13.7. The fraction of sp³-hybridized carbons (Fsp3) is 0.100. The van der Waals surface area contributed by atoms with E-state index in [0.29, 0.717) is 23.2 Å². The zero-order chi connectivity index (χ0) is 17.9. The molecule has 4 rings (SSSR count). The fourth-order valence-electron chi connectivity index (χ4n) is 2.76. The van der Waals surface area contributed by atoms with Crippen molar-refractivity contribution in [2.24, 2.45) is 0 Å². The summed E-state index contributed by atoms with van der Waals surface area (Å²) in [7, 11) is 0. The molecule has 6 nitrogen and oxygen atoms in total. The van der Waals surface area contributed by atoms with Crippen molar-refractivity contribution in [3.63, 3.8) is 0 Å². The first kappa shape index (κ1) is 15.8. The minimum atomic E-state index is -1.07. The summed E-state index contributed by atoms with van der Waals surface area (Å²) in [6, 6.07) is 18.2. The molecule has 1 unspecified atom stereocenters. The van der Waals surface area contributed by atoms with Crippen molar-refractivity contribution >= 4 is 16.9 Å². The van der Waals surface area contributed by atoms with Gasteiger partial charge < -0.3 is 4.42 Å². The summed E-state index contributed by atoms with van der Waals surface area (Å²) < 4.78 is 7.39. The molecule has 2 aromatic heterocycles. The van der Waals surface area contributed by atoms with E-state index in [1.807, 2.05) is 42.6 Å². The van der Waals surface area contributed by atoms with E-state index in [1.54, 1.807) is 35.1 Å². The number of nitriles is 1. The number of oxazole rings is 1. The Hall–Kier alpha value is -3.72. The molecule has 126 valence electrons. The molecule has 0 spiro atoms. The lowest BCUT2D eigenvalue weighted by Crippen LogP contribution is -2.12. The maximum Gasteiger partial charge on any atom is 0.220 e. The minimum Gasteiger partial charge on any atom is -0.439 e. The summed E-state index contributed by atoms with van der Waals surface area (Å²) >= 11 is 0. The lowest BCUT2D eigenvalue weighted by atomic mass is 9.98. The van der Waals surface area contributed by atoms with Crippen LogP contribution in [0.2, 0.25) is 0 Å². The quantitative estimate of drug-likeness (QED) is 0.518. The summed E-state index contributed by atoms with van der Waals surface area (Å²) in [4.78, 5) is 17.0. The van der Waals surface area contributed by atoms with Crippen LogP contribution < -0.4 is 0 Å². The number of benzene rings is 2. The lowest BCUT2D eigenvalue weighted by molar-refractivity contribution is 0.0970. The van der Waals surface area contributed by atoms with E-state index in [4.69, 9.17) is 4.42 Å². The van der Waals surface area contributed by atoms with E-state index < -0.39 is 5.92 Å². The number of carbonyl (C=O) groups is 1. The van der Waals surface area contributed by atoms with Gasteiger partial charge in [-0.15, -0.1) is 0 Å². The van der Waals surface area contributed by atoms with Crippen LogP contribution in [0.1, 0.15) is 27.7 Å². The monoisotopic (exact) mass is 342 g/mol. The molecule has 26 heavy (non-hydrogen) atoms. The predicted molar refractivity (Wildman–Crippen MR) is 94.5 cm³/mol. The molecule has 0 aliphatic rings. The number of aromatic nitrogens is 3. The normalized spacial score (nSPS) is 12.0. The summed E-state index contributed by atoms with van der Waals surface area (Å²) in [5, 5.41) is 13.6. The number of nitrogens with zero attached hydrogens (tertiary/aromatic N) is 4. The van der Waals surface area contributed by atoms with E-state index in [9.17, 15) is 10.1 Å². The summed E-state index contributed by atoms with van der Waals surface area (Å²) in [5.74, 6) is -1.27. The number of para-hydroxylation sites is 2. The number of rotatable bonds is 5. The first-order valence-electron chi connectivity index (χ1n) is 8.10. The Morgan fingerprint density at radius 3 is 2.65 bits per heavy atom. The summed E-state index contributed by atoms with van der Waals surface area (Å²) in [5.41, 5.74) is 2.65. The number of Topliss-reactive ketones (excluding diaryl/α,β-unsaturated/α-hetero) is 1. The second-order valence-corrected chi connectivity index (χ2v) is 5.85. The minimum absolute atomic E-state index is 0.124. The average molecular weight is 342 g/mol. The van der Waals surface area contributed by atoms with Crippen LogP contribution in [0, 0.1) is 11.3 Å². The molecule has 2 aromatic carbocycles. The van der Waals surface area contributed by atoms with E-state index >= 15 is 0 Å². The third-order valence-electron chi connectivity index (χ3n) is 4.09. The molecule has 0 saturated carbocycles. The molecular formula is C20H14N4O2. The molecule has 1 atom stereocenters. The van der Waals surface area contributed by atoms with Crippen LogP contribution in [0.25, 0.3) is 11.1 Å². The Labute approximate surface area is 149 Å². The van der Waals surface area contributed by atoms with Gasteiger partial charge in [0.25, 0.3) is 0 Å². The Kier molecular flexibility index (Phi) is 4.04. The standard InChI is InChI=1S/C20H14N4O2/c21-12-16(20-23-17-4-1-2-5-18(17)26-20)19(25)15-8-6-14(7-9-15)13-24-11-3-10-22-24/h1-11,16H,13H2. The second-order valence-electron chi connectivity index (χ2n) is 5.85. The number of hydrogen-bond acceptors (Lipinski definition) is 5. The van der Waals surface area contributed by atoms with Crippen molar-refractivity contribution in [1.29, 1.82) is 5.26 Å². The van der Waals surface area contributed by atoms with Gasteiger partial charge >= 0.3 is 0 Å². The Bertz CT molecular complexity index is 1060. The van der Waals surface area contributed by atoms with Crippen molar-refractivity contribution in [2.75, 3.05) is 0 Å². The maximum absolute atomic E-state index is 12.7. The number of hydrogen-bond donors (Lipinski definition) is 0. The topological polar surface area (TPSA) is 84.7 Å². The molecule has 4 aromatic rings. The van der Waals surface area contributed by atoms with Crippen molar-refractivity contribution in [3.8, 4) is 6.07 Å². The van der Waals surface area contributed by atoms with Crippen LogP contribution in [-0.4, -0.2) is 20.5 Å². The Morgan fingerprint density at radius 2 is 1.96 bits per heavy atom. The SMILES string of the molecule is N#CC(C(=O)c1ccc(Cn2cccn2)cc1)c1nc2ccccc2o1. The zero-order valence-corrected chi connectivity index (χ0v) is 13.7. The predicted octanol–water partition coefficient (Wildman–Crippen LogP) is 3.56. The van der Waals surface area contributed by atoms with Crippen LogP contribution in [0.3, 0.4) is 0 Å².